The summed E-state index contributed by atoms with van der Waals surface area (Å²) in [5.74, 6) is -1.00. The number of carbonyl (C=O) groups is 2. The Morgan fingerprint density at radius 1 is 1.09 bits per heavy atom. The molecule has 2 rings (SSSR count). The summed E-state index contributed by atoms with van der Waals surface area (Å²) < 4.78 is 0. The van der Waals surface area contributed by atoms with Gasteiger partial charge in [0.25, 0.3) is 0 Å². The van der Waals surface area contributed by atoms with E-state index in [0.717, 1.165) is 0 Å². The van der Waals surface area contributed by atoms with Gasteiger partial charge in [-0.15, -0.1) is 0 Å². The van der Waals surface area contributed by atoms with Crippen LogP contribution in [0.15, 0.2) is 54.6 Å². The van der Waals surface area contributed by atoms with Crippen molar-refractivity contribution in [3.63, 3.8) is 0 Å². The molecule has 0 aromatic heterocycles. The predicted molar refractivity (Wildman–Crippen MR) is 84.7 cm³/mol. The largest absolute Gasteiger partial charge is 0.481 e. The van der Waals surface area contributed by atoms with E-state index in [2.05, 4.69) is 10.6 Å². The summed E-state index contributed by atoms with van der Waals surface area (Å²) in [5, 5.41) is 23.0. The zero-order valence-corrected chi connectivity index (χ0v) is 12.2. The van der Waals surface area contributed by atoms with Crippen LogP contribution in [0, 0.1) is 11.3 Å². The molecule has 2 aromatic carbocycles. The van der Waals surface area contributed by atoms with Crippen molar-refractivity contribution in [3.8, 4) is 6.07 Å². The highest BCUT2D eigenvalue weighted by molar-refractivity contribution is 5.89. The molecule has 0 heterocycles. The van der Waals surface area contributed by atoms with E-state index in [-0.39, 0.29) is 6.42 Å². The molecule has 0 spiro atoms. The number of urea groups is 1. The van der Waals surface area contributed by atoms with Gasteiger partial charge in [-0.05, 0) is 29.8 Å². The normalized spacial score (nSPS) is 11.1. The van der Waals surface area contributed by atoms with Crippen LogP contribution in [0.3, 0.4) is 0 Å². The summed E-state index contributed by atoms with van der Waals surface area (Å²) >= 11 is 0. The van der Waals surface area contributed by atoms with Gasteiger partial charge in [-0.2, -0.15) is 5.26 Å². The third-order valence-corrected chi connectivity index (χ3v) is 3.16. The Labute approximate surface area is 133 Å². The van der Waals surface area contributed by atoms with Crippen molar-refractivity contribution < 1.29 is 14.7 Å². The molecule has 0 saturated carbocycles. The van der Waals surface area contributed by atoms with Crippen LogP contribution in [0.2, 0.25) is 0 Å². The molecular weight excluding hydrogens is 294 g/mol. The maximum atomic E-state index is 12.1. The third kappa shape index (κ3) is 4.86. The van der Waals surface area contributed by atoms with E-state index in [1.807, 2.05) is 12.1 Å². The zero-order chi connectivity index (χ0) is 16.7. The van der Waals surface area contributed by atoms with E-state index >= 15 is 0 Å². The summed E-state index contributed by atoms with van der Waals surface area (Å²) in [6, 6.07) is 16.1. The topological polar surface area (TPSA) is 102 Å². The molecule has 0 saturated heterocycles. The van der Waals surface area contributed by atoms with Crippen LogP contribution in [-0.2, 0) is 4.79 Å². The molecule has 116 valence electrons. The number of anilines is 1. The van der Waals surface area contributed by atoms with Gasteiger partial charge in [0.2, 0.25) is 0 Å². The third-order valence-electron chi connectivity index (χ3n) is 3.16. The summed E-state index contributed by atoms with van der Waals surface area (Å²) in [6.45, 7) is 0. The molecule has 0 aliphatic rings. The van der Waals surface area contributed by atoms with E-state index in [9.17, 15) is 9.59 Å². The molecule has 6 heteroatoms. The van der Waals surface area contributed by atoms with Crippen molar-refractivity contribution in [2.75, 3.05) is 5.32 Å². The van der Waals surface area contributed by atoms with Gasteiger partial charge in [0, 0.05) is 5.69 Å². The average Bonchev–Trinajstić information content (AvgIpc) is 2.55. The Morgan fingerprint density at radius 2 is 1.74 bits per heavy atom. The van der Waals surface area contributed by atoms with Crippen LogP contribution >= 0.6 is 0 Å². The van der Waals surface area contributed by atoms with E-state index < -0.39 is 18.0 Å². The van der Waals surface area contributed by atoms with E-state index in [4.69, 9.17) is 10.4 Å². The fourth-order valence-corrected chi connectivity index (χ4v) is 2.07. The van der Waals surface area contributed by atoms with Crippen LogP contribution in [0.5, 0.6) is 0 Å². The number of carboxylic acid groups (broad SMARTS) is 1. The first-order chi connectivity index (χ1) is 11.1. The quantitative estimate of drug-likeness (QED) is 0.790. The molecule has 0 radical (unpaired) electrons. The molecule has 1 atom stereocenters. The van der Waals surface area contributed by atoms with Crippen molar-refractivity contribution in [1.29, 1.82) is 5.26 Å². The van der Waals surface area contributed by atoms with Gasteiger partial charge in [0.15, 0.2) is 0 Å². The zero-order valence-electron chi connectivity index (χ0n) is 12.2. The second-order valence-corrected chi connectivity index (χ2v) is 4.85. The highest BCUT2D eigenvalue weighted by Crippen LogP contribution is 2.17. The summed E-state index contributed by atoms with van der Waals surface area (Å²) in [5.41, 5.74) is 1.72. The minimum atomic E-state index is -1.00. The lowest BCUT2D eigenvalue weighted by molar-refractivity contribution is -0.137. The van der Waals surface area contributed by atoms with Crippen molar-refractivity contribution in [2.24, 2.45) is 0 Å². The van der Waals surface area contributed by atoms with Gasteiger partial charge in [0.1, 0.15) is 0 Å². The number of hydrogen-bond acceptors (Lipinski definition) is 3. The number of carbonyl (C=O) groups excluding carboxylic acids is 1. The van der Waals surface area contributed by atoms with Crippen LogP contribution in [-0.4, -0.2) is 17.1 Å². The highest BCUT2D eigenvalue weighted by atomic mass is 16.4. The number of carboxylic acids is 1. The molecule has 23 heavy (non-hydrogen) atoms. The van der Waals surface area contributed by atoms with Crippen molar-refractivity contribution >= 4 is 17.7 Å². The monoisotopic (exact) mass is 309 g/mol. The van der Waals surface area contributed by atoms with Gasteiger partial charge < -0.3 is 15.7 Å². The van der Waals surface area contributed by atoms with Gasteiger partial charge in [0.05, 0.1) is 24.1 Å². The average molecular weight is 309 g/mol. The molecule has 2 amide bonds. The van der Waals surface area contributed by atoms with Crippen molar-refractivity contribution in [1.82, 2.24) is 5.32 Å². The molecular formula is C17H15N3O3. The molecule has 0 fully saturated rings. The molecule has 6 nitrogen and oxygen atoms in total. The molecule has 3 N–H and O–H groups in total. The van der Waals surface area contributed by atoms with Gasteiger partial charge in [-0.3, -0.25) is 4.79 Å². The van der Waals surface area contributed by atoms with E-state index in [1.54, 1.807) is 48.5 Å². The Hall–Kier alpha value is -3.33. The first kappa shape index (κ1) is 16.0. The standard InChI is InChI=1S/C17H15N3O3/c18-11-12-6-8-14(9-7-12)19-17(23)20-15(10-16(21)22)13-4-2-1-3-5-13/h1-9,15H,10H2,(H,21,22)(H2,19,20,23). The van der Waals surface area contributed by atoms with E-state index in [1.165, 1.54) is 0 Å². The molecule has 0 aliphatic heterocycles. The fourth-order valence-electron chi connectivity index (χ4n) is 2.07. The number of nitrogens with one attached hydrogen (secondary N) is 2. The van der Waals surface area contributed by atoms with Crippen molar-refractivity contribution in [2.45, 2.75) is 12.5 Å². The number of benzene rings is 2. The number of amides is 2. The second kappa shape index (κ2) is 7.61. The first-order valence-electron chi connectivity index (χ1n) is 6.93. The first-order valence-corrected chi connectivity index (χ1v) is 6.93. The maximum absolute atomic E-state index is 12.1. The Bertz CT molecular complexity index is 721. The van der Waals surface area contributed by atoms with Crippen LogP contribution in [0.1, 0.15) is 23.6 Å². The van der Waals surface area contributed by atoms with Crippen LogP contribution < -0.4 is 10.6 Å². The lowest BCUT2D eigenvalue weighted by Gasteiger charge is -2.18. The highest BCUT2D eigenvalue weighted by Gasteiger charge is 2.17. The molecule has 0 bridgehead atoms. The summed E-state index contributed by atoms with van der Waals surface area (Å²) in [4.78, 5) is 23.0. The lowest BCUT2D eigenvalue weighted by atomic mass is 10.0. The van der Waals surface area contributed by atoms with Gasteiger partial charge in [-0.25, -0.2) is 4.79 Å². The second-order valence-electron chi connectivity index (χ2n) is 4.85. The summed E-state index contributed by atoms with van der Waals surface area (Å²) in [7, 11) is 0. The smallest absolute Gasteiger partial charge is 0.319 e. The lowest BCUT2D eigenvalue weighted by Crippen LogP contribution is -2.33. The minimum absolute atomic E-state index is 0.217. The van der Waals surface area contributed by atoms with E-state index in [0.29, 0.717) is 16.8 Å². The Kier molecular flexibility index (Phi) is 5.31. The summed E-state index contributed by atoms with van der Waals surface area (Å²) in [6.07, 6.45) is -0.217. The number of rotatable bonds is 5. The number of aliphatic carboxylic acids is 1. The van der Waals surface area contributed by atoms with Gasteiger partial charge >= 0.3 is 12.0 Å². The van der Waals surface area contributed by atoms with Crippen LogP contribution in [0.25, 0.3) is 0 Å². The fraction of sp³-hybridized carbons (Fsp3) is 0.118. The van der Waals surface area contributed by atoms with Gasteiger partial charge in [-0.1, -0.05) is 30.3 Å². The SMILES string of the molecule is N#Cc1ccc(NC(=O)NC(CC(=O)O)c2ccccc2)cc1. The minimum Gasteiger partial charge on any atom is -0.481 e. The molecule has 2 aromatic rings. The Balaban J connectivity index is 2.05. The molecule has 0 aliphatic carbocycles. The van der Waals surface area contributed by atoms with Crippen molar-refractivity contribution in [3.05, 3.63) is 65.7 Å². The Morgan fingerprint density at radius 3 is 2.30 bits per heavy atom. The molecule has 1 unspecified atom stereocenters. The maximum Gasteiger partial charge on any atom is 0.319 e. The number of hydrogen-bond donors (Lipinski definition) is 3. The predicted octanol–water partition coefficient (Wildman–Crippen LogP) is 2.90. The number of nitriles is 1. The number of nitrogens with zero attached hydrogens (tertiary/aromatic N) is 1. The van der Waals surface area contributed by atoms with Crippen LogP contribution in [0.4, 0.5) is 10.5 Å².